The van der Waals surface area contributed by atoms with Gasteiger partial charge in [-0.2, -0.15) is 0 Å². The Hall–Kier alpha value is -0.850. The third-order valence-electron chi connectivity index (χ3n) is 4.90. The van der Waals surface area contributed by atoms with Crippen LogP contribution in [0, 0.1) is 0 Å². The smallest absolute Gasteiger partial charge is 0.244 e. The van der Waals surface area contributed by atoms with Gasteiger partial charge in [0.25, 0.3) is 0 Å². The highest BCUT2D eigenvalue weighted by molar-refractivity contribution is 5.85. The minimum absolute atomic E-state index is 0. The second-order valence-corrected chi connectivity index (χ2v) is 6.58. The Morgan fingerprint density at radius 2 is 1.64 bits per heavy atom. The van der Waals surface area contributed by atoms with Crippen molar-refractivity contribution in [2.45, 2.75) is 12.5 Å². The molecular formula is C18H30Cl2N4O. The van der Waals surface area contributed by atoms with Crippen LogP contribution in [0.2, 0.25) is 0 Å². The molecule has 1 amide bonds. The fraction of sp³-hybridized carbons (Fsp3) is 0.611. The van der Waals surface area contributed by atoms with Crippen molar-refractivity contribution < 1.29 is 4.79 Å². The first kappa shape index (κ1) is 22.2. The SMILES string of the molecule is CN1CCN(C(C(=O)N2CCCNCC2)c2ccccc2)CC1.Cl.Cl. The zero-order valence-electron chi connectivity index (χ0n) is 14.9. The number of benzene rings is 1. The van der Waals surface area contributed by atoms with Gasteiger partial charge < -0.3 is 15.1 Å². The minimum Gasteiger partial charge on any atom is -0.340 e. The number of piperazine rings is 1. The van der Waals surface area contributed by atoms with Crippen molar-refractivity contribution in [2.24, 2.45) is 0 Å². The molecule has 2 heterocycles. The van der Waals surface area contributed by atoms with Gasteiger partial charge in [-0.1, -0.05) is 30.3 Å². The molecule has 0 radical (unpaired) electrons. The zero-order chi connectivity index (χ0) is 16.1. The van der Waals surface area contributed by atoms with Gasteiger partial charge in [0.2, 0.25) is 5.91 Å². The predicted octanol–water partition coefficient (Wildman–Crippen LogP) is 1.64. The summed E-state index contributed by atoms with van der Waals surface area (Å²) in [5, 5.41) is 3.38. The molecule has 0 saturated carbocycles. The molecule has 25 heavy (non-hydrogen) atoms. The number of rotatable bonds is 3. The van der Waals surface area contributed by atoms with E-state index < -0.39 is 0 Å². The lowest BCUT2D eigenvalue weighted by Gasteiger charge is -2.39. The van der Waals surface area contributed by atoms with Crippen LogP contribution in [0.3, 0.4) is 0 Å². The lowest BCUT2D eigenvalue weighted by molar-refractivity contribution is -0.137. The molecule has 2 fully saturated rings. The Morgan fingerprint density at radius 1 is 0.960 bits per heavy atom. The van der Waals surface area contributed by atoms with Gasteiger partial charge in [0, 0.05) is 45.8 Å². The van der Waals surface area contributed by atoms with Crippen molar-refractivity contribution in [3.05, 3.63) is 35.9 Å². The zero-order valence-corrected chi connectivity index (χ0v) is 16.5. The fourth-order valence-corrected chi connectivity index (χ4v) is 3.46. The Labute approximate surface area is 163 Å². The van der Waals surface area contributed by atoms with Crippen LogP contribution in [0.4, 0.5) is 0 Å². The molecule has 0 aromatic heterocycles. The Balaban J connectivity index is 0.00000156. The summed E-state index contributed by atoms with van der Waals surface area (Å²) in [4.78, 5) is 20.0. The van der Waals surface area contributed by atoms with E-state index in [1.807, 2.05) is 18.2 Å². The van der Waals surface area contributed by atoms with Gasteiger partial charge in [-0.25, -0.2) is 0 Å². The van der Waals surface area contributed by atoms with E-state index >= 15 is 0 Å². The third kappa shape index (κ3) is 5.83. The van der Waals surface area contributed by atoms with E-state index in [1.165, 1.54) is 0 Å². The predicted molar refractivity (Wildman–Crippen MR) is 107 cm³/mol. The Kier molecular flexibility index (Phi) is 9.75. The van der Waals surface area contributed by atoms with Crippen molar-refractivity contribution in [3.8, 4) is 0 Å². The first-order chi connectivity index (χ1) is 11.3. The molecular weight excluding hydrogens is 359 g/mol. The third-order valence-corrected chi connectivity index (χ3v) is 4.90. The number of halogens is 2. The van der Waals surface area contributed by atoms with Crippen LogP contribution in [0.1, 0.15) is 18.0 Å². The molecule has 2 aliphatic heterocycles. The molecule has 7 heteroatoms. The summed E-state index contributed by atoms with van der Waals surface area (Å²) in [6.07, 6.45) is 1.04. The van der Waals surface area contributed by atoms with E-state index in [4.69, 9.17) is 0 Å². The molecule has 2 aliphatic rings. The number of likely N-dealkylation sites (N-methyl/N-ethyl adjacent to an activating group) is 1. The highest BCUT2D eigenvalue weighted by atomic mass is 35.5. The molecule has 0 bridgehead atoms. The summed E-state index contributed by atoms with van der Waals surface area (Å²) >= 11 is 0. The van der Waals surface area contributed by atoms with Crippen molar-refractivity contribution >= 4 is 30.7 Å². The van der Waals surface area contributed by atoms with Crippen LogP contribution in [-0.4, -0.2) is 80.0 Å². The van der Waals surface area contributed by atoms with Gasteiger partial charge >= 0.3 is 0 Å². The second kappa shape index (κ2) is 11.0. The van der Waals surface area contributed by atoms with Crippen molar-refractivity contribution in [1.82, 2.24) is 20.0 Å². The lowest BCUT2D eigenvalue weighted by atomic mass is 10.0. The van der Waals surface area contributed by atoms with Crippen LogP contribution in [0.5, 0.6) is 0 Å². The summed E-state index contributed by atoms with van der Waals surface area (Å²) in [5.41, 5.74) is 1.12. The molecule has 3 rings (SSSR count). The molecule has 1 unspecified atom stereocenters. The summed E-state index contributed by atoms with van der Waals surface area (Å²) < 4.78 is 0. The summed E-state index contributed by atoms with van der Waals surface area (Å²) in [5.74, 6) is 0.268. The number of amides is 1. The molecule has 1 atom stereocenters. The maximum atomic E-state index is 13.3. The van der Waals surface area contributed by atoms with Gasteiger partial charge in [0.1, 0.15) is 6.04 Å². The van der Waals surface area contributed by atoms with Crippen LogP contribution in [-0.2, 0) is 4.79 Å². The molecule has 0 spiro atoms. The number of nitrogens with zero attached hydrogens (tertiary/aromatic N) is 3. The van der Waals surface area contributed by atoms with Crippen LogP contribution in [0.15, 0.2) is 30.3 Å². The van der Waals surface area contributed by atoms with Gasteiger partial charge in [-0.3, -0.25) is 9.69 Å². The highest BCUT2D eigenvalue weighted by Gasteiger charge is 2.32. The van der Waals surface area contributed by atoms with Crippen molar-refractivity contribution in [3.63, 3.8) is 0 Å². The van der Waals surface area contributed by atoms with E-state index in [9.17, 15) is 4.79 Å². The lowest BCUT2D eigenvalue weighted by Crippen LogP contribution is -2.51. The Bertz CT molecular complexity index is 501. The quantitative estimate of drug-likeness (QED) is 0.853. The van der Waals surface area contributed by atoms with Crippen LogP contribution in [0.25, 0.3) is 0 Å². The number of carbonyl (C=O) groups is 1. The molecule has 5 nitrogen and oxygen atoms in total. The van der Waals surface area contributed by atoms with E-state index in [2.05, 4.69) is 39.2 Å². The topological polar surface area (TPSA) is 38.8 Å². The van der Waals surface area contributed by atoms with Gasteiger partial charge in [0.15, 0.2) is 0 Å². The van der Waals surface area contributed by atoms with Gasteiger partial charge in [0.05, 0.1) is 0 Å². The largest absolute Gasteiger partial charge is 0.340 e. The van der Waals surface area contributed by atoms with E-state index in [1.54, 1.807) is 0 Å². The highest BCUT2D eigenvalue weighted by Crippen LogP contribution is 2.24. The normalized spacial score (nSPS) is 20.8. The van der Waals surface area contributed by atoms with E-state index in [0.717, 1.165) is 64.3 Å². The van der Waals surface area contributed by atoms with Crippen LogP contribution >= 0.6 is 24.8 Å². The Morgan fingerprint density at radius 3 is 2.32 bits per heavy atom. The number of nitrogens with one attached hydrogen (secondary N) is 1. The molecule has 1 N–H and O–H groups in total. The van der Waals surface area contributed by atoms with Crippen molar-refractivity contribution in [2.75, 3.05) is 59.4 Å². The maximum absolute atomic E-state index is 13.3. The molecule has 142 valence electrons. The first-order valence-corrected chi connectivity index (χ1v) is 8.73. The summed E-state index contributed by atoms with van der Waals surface area (Å²) in [6.45, 7) is 7.54. The minimum atomic E-state index is -0.136. The fourth-order valence-electron chi connectivity index (χ4n) is 3.46. The van der Waals surface area contributed by atoms with E-state index in [0.29, 0.717) is 0 Å². The number of carbonyl (C=O) groups excluding carboxylic acids is 1. The van der Waals surface area contributed by atoms with E-state index in [-0.39, 0.29) is 36.8 Å². The first-order valence-electron chi connectivity index (χ1n) is 8.73. The molecule has 2 saturated heterocycles. The molecule has 1 aromatic rings. The number of hydrogen-bond donors (Lipinski definition) is 1. The summed E-state index contributed by atoms with van der Waals surface area (Å²) in [7, 11) is 2.15. The average Bonchev–Trinajstić information content (AvgIpc) is 2.87. The maximum Gasteiger partial charge on any atom is 0.244 e. The average molecular weight is 389 g/mol. The standard InChI is InChI=1S/C18H28N4O.2ClH/c1-20-12-14-21(15-13-20)17(16-6-3-2-4-7-16)18(23)22-10-5-8-19-9-11-22;;/h2-4,6-7,17,19H,5,8-15H2,1H3;2*1H. The number of hydrogen-bond acceptors (Lipinski definition) is 4. The monoisotopic (exact) mass is 388 g/mol. The van der Waals surface area contributed by atoms with Crippen molar-refractivity contribution in [1.29, 1.82) is 0 Å². The van der Waals surface area contributed by atoms with Gasteiger partial charge in [-0.05, 0) is 25.6 Å². The molecule has 0 aliphatic carbocycles. The molecule has 1 aromatic carbocycles. The van der Waals surface area contributed by atoms with Crippen LogP contribution < -0.4 is 5.32 Å². The summed E-state index contributed by atoms with van der Waals surface area (Å²) in [6, 6.07) is 10.1. The van der Waals surface area contributed by atoms with Gasteiger partial charge in [-0.15, -0.1) is 24.8 Å². The second-order valence-electron chi connectivity index (χ2n) is 6.58.